The molecule has 2 aliphatic rings. The summed E-state index contributed by atoms with van der Waals surface area (Å²) in [5.41, 5.74) is 6.70. The minimum Gasteiger partial charge on any atom is -0.492 e. The van der Waals surface area contributed by atoms with Crippen molar-refractivity contribution in [1.29, 1.82) is 0 Å². The van der Waals surface area contributed by atoms with Crippen LogP contribution in [0, 0.1) is 0 Å². The summed E-state index contributed by atoms with van der Waals surface area (Å²) in [6.07, 6.45) is 0.860. The Balaban J connectivity index is 1.49. The number of nitrogens with one attached hydrogen (secondary N) is 2. The molecule has 0 saturated carbocycles. The van der Waals surface area contributed by atoms with Crippen molar-refractivity contribution < 1.29 is 19.4 Å². The molecule has 7 heteroatoms. The number of carbonyl (C=O) groups excluding carboxylic acids is 2. The van der Waals surface area contributed by atoms with Crippen LogP contribution in [0.5, 0.6) is 5.75 Å². The van der Waals surface area contributed by atoms with Crippen molar-refractivity contribution in [3.63, 3.8) is 0 Å². The predicted octanol–water partition coefficient (Wildman–Crippen LogP) is 0.0963. The Morgan fingerprint density at radius 2 is 2.21 bits per heavy atom. The quantitative estimate of drug-likeness (QED) is 0.662. The average molecular weight is 333 g/mol. The monoisotopic (exact) mass is 333 g/mol. The molecule has 1 aromatic carbocycles. The Morgan fingerprint density at radius 3 is 2.92 bits per heavy atom. The van der Waals surface area contributed by atoms with Crippen molar-refractivity contribution in [2.24, 2.45) is 0 Å². The number of ketones is 1. The molecule has 2 aliphatic heterocycles. The molecule has 1 aromatic rings. The first-order valence-corrected chi connectivity index (χ1v) is 8.24. The second-order valence-electron chi connectivity index (χ2n) is 6.40. The van der Waals surface area contributed by atoms with Gasteiger partial charge in [0.2, 0.25) is 5.91 Å². The van der Waals surface area contributed by atoms with Crippen molar-refractivity contribution in [2.75, 3.05) is 19.7 Å². The molecule has 3 N–H and O–H groups in total. The fourth-order valence-electron chi connectivity index (χ4n) is 3.06. The van der Waals surface area contributed by atoms with Crippen molar-refractivity contribution in [3.8, 4) is 5.75 Å². The number of rotatable bonds is 5. The lowest BCUT2D eigenvalue weighted by atomic mass is 10.1. The number of Topliss-reactive ketones (excluding diaryl/α,β-unsaturated/α-hetero) is 1. The molecule has 0 radical (unpaired) electrons. The minimum atomic E-state index is -0.406. The molecule has 1 amide bonds. The highest BCUT2D eigenvalue weighted by atomic mass is 16.5. The SMILES string of the molecule is CC(=O)c1cccc(OCC2CC(C(=O)N3CC[C@H](O)C3)NN2)c1. The van der Waals surface area contributed by atoms with E-state index in [1.54, 1.807) is 23.1 Å². The van der Waals surface area contributed by atoms with E-state index in [9.17, 15) is 14.7 Å². The standard InChI is InChI=1S/C17H23N3O4/c1-11(21)12-3-2-4-15(7-12)24-10-13-8-16(19-18-13)17(23)20-6-5-14(22)9-20/h2-4,7,13-14,16,18-19,22H,5-6,8-10H2,1H3/t13?,14-,16?/m0/s1. The summed E-state index contributed by atoms with van der Waals surface area (Å²) in [5.74, 6) is 0.654. The van der Waals surface area contributed by atoms with Crippen LogP contribution in [0.1, 0.15) is 30.1 Å². The Bertz CT molecular complexity index is 622. The molecular formula is C17H23N3O4. The number of nitrogens with zero attached hydrogens (tertiary/aromatic N) is 1. The van der Waals surface area contributed by atoms with Crippen molar-refractivity contribution in [3.05, 3.63) is 29.8 Å². The maximum atomic E-state index is 12.4. The topological polar surface area (TPSA) is 90.9 Å². The van der Waals surface area contributed by atoms with Crippen molar-refractivity contribution in [2.45, 2.75) is 38.0 Å². The predicted molar refractivity (Wildman–Crippen MR) is 87.6 cm³/mol. The summed E-state index contributed by atoms with van der Waals surface area (Å²) in [5, 5.41) is 9.54. The van der Waals surface area contributed by atoms with Crippen LogP contribution in [0.3, 0.4) is 0 Å². The zero-order valence-electron chi connectivity index (χ0n) is 13.7. The molecule has 0 bridgehead atoms. The maximum Gasteiger partial charge on any atom is 0.241 e. The third-order valence-corrected chi connectivity index (χ3v) is 4.45. The first-order chi connectivity index (χ1) is 11.5. The highest BCUT2D eigenvalue weighted by Crippen LogP contribution is 2.17. The number of hydrogen-bond donors (Lipinski definition) is 3. The average Bonchev–Trinajstić information content (AvgIpc) is 3.21. The molecule has 3 rings (SSSR count). The van der Waals surface area contributed by atoms with Gasteiger partial charge in [-0.3, -0.25) is 15.0 Å². The minimum absolute atomic E-state index is 0.000399. The lowest BCUT2D eigenvalue weighted by molar-refractivity contribution is -0.132. The third-order valence-electron chi connectivity index (χ3n) is 4.45. The van der Waals surface area contributed by atoms with E-state index in [0.29, 0.717) is 43.9 Å². The molecular weight excluding hydrogens is 310 g/mol. The van der Waals surface area contributed by atoms with Crippen LogP contribution in [0.25, 0.3) is 0 Å². The fraction of sp³-hybridized carbons (Fsp3) is 0.529. The van der Waals surface area contributed by atoms with Gasteiger partial charge >= 0.3 is 0 Å². The summed E-state index contributed by atoms with van der Waals surface area (Å²) in [6, 6.07) is 6.78. The highest BCUT2D eigenvalue weighted by molar-refractivity contribution is 5.94. The molecule has 2 fully saturated rings. The van der Waals surface area contributed by atoms with Gasteiger partial charge in [-0.25, -0.2) is 5.43 Å². The highest BCUT2D eigenvalue weighted by Gasteiger charge is 2.35. The van der Waals surface area contributed by atoms with Gasteiger partial charge in [0.05, 0.1) is 12.1 Å². The molecule has 2 heterocycles. The first kappa shape index (κ1) is 16.9. The Hall–Kier alpha value is -1.96. The molecule has 0 spiro atoms. The van der Waals surface area contributed by atoms with E-state index in [1.807, 2.05) is 6.07 Å². The normalized spacial score (nSPS) is 26.6. The van der Waals surface area contributed by atoms with E-state index in [4.69, 9.17) is 4.74 Å². The van der Waals surface area contributed by atoms with Crippen LogP contribution in [-0.2, 0) is 4.79 Å². The van der Waals surface area contributed by atoms with Gasteiger partial charge in [-0.2, -0.15) is 0 Å². The second kappa shape index (κ2) is 7.29. The Morgan fingerprint density at radius 1 is 1.38 bits per heavy atom. The van der Waals surface area contributed by atoms with E-state index >= 15 is 0 Å². The number of benzene rings is 1. The number of hydrazine groups is 1. The van der Waals surface area contributed by atoms with Gasteiger partial charge < -0.3 is 14.7 Å². The smallest absolute Gasteiger partial charge is 0.241 e. The van der Waals surface area contributed by atoms with Crippen molar-refractivity contribution >= 4 is 11.7 Å². The van der Waals surface area contributed by atoms with Crippen LogP contribution in [0.4, 0.5) is 0 Å². The first-order valence-electron chi connectivity index (χ1n) is 8.24. The lowest BCUT2D eigenvalue weighted by Gasteiger charge is -2.19. The zero-order chi connectivity index (χ0) is 17.1. The number of likely N-dealkylation sites (tertiary alicyclic amines) is 1. The number of aliphatic hydroxyl groups is 1. The Kier molecular flexibility index (Phi) is 5.13. The van der Waals surface area contributed by atoms with E-state index < -0.39 is 6.10 Å². The zero-order valence-corrected chi connectivity index (χ0v) is 13.7. The van der Waals surface area contributed by atoms with Crippen LogP contribution < -0.4 is 15.6 Å². The van der Waals surface area contributed by atoms with Gasteiger partial charge in [-0.15, -0.1) is 0 Å². The van der Waals surface area contributed by atoms with Crippen LogP contribution >= 0.6 is 0 Å². The number of aliphatic hydroxyl groups excluding tert-OH is 1. The number of amides is 1. The summed E-state index contributed by atoms with van der Waals surface area (Å²) in [6.45, 7) is 2.95. The van der Waals surface area contributed by atoms with Gasteiger partial charge in [-0.05, 0) is 31.9 Å². The fourth-order valence-corrected chi connectivity index (χ4v) is 3.06. The number of ether oxygens (including phenoxy) is 1. The molecule has 7 nitrogen and oxygen atoms in total. The van der Waals surface area contributed by atoms with Crippen LogP contribution in [-0.4, -0.2) is 59.6 Å². The van der Waals surface area contributed by atoms with E-state index in [0.717, 1.165) is 0 Å². The van der Waals surface area contributed by atoms with Gasteiger partial charge in [0.15, 0.2) is 5.78 Å². The van der Waals surface area contributed by atoms with Crippen LogP contribution in [0.2, 0.25) is 0 Å². The number of carbonyl (C=O) groups is 2. The summed E-state index contributed by atoms with van der Waals surface area (Å²) >= 11 is 0. The Labute approximate surface area is 140 Å². The van der Waals surface area contributed by atoms with E-state index in [-0.39, 0.29) is 23.8 Å². The van der Waals surface area contributed by atoms with Gasteiger partial charge in [-0.1, -0.05) is 12.1 Å². The van der Waals surface area contributed by atoms with Crippen molar-refractivity contribution in [1.82, 2.24) is 15.8 Å². The molecule has 3 atom stereocenters. The number of hydrogen-bond acceptors (Lipinski definition) is 6. The summed E-state index contributed by atoms with van der Waals surface area (Å²) in [7, 11) is 0. The van der Waals surface area contributed by atoms with E-state index in [2.05, 4.69) is 10.9 Å². The largest absolute Gasteiger partial charge is 0.492 e. The molecule has 0 aliphatic carbocycles. The summed E-state index contributed by atoms with van der Waals surface area (Å²) in [4.78, 5) is 25.5. The van der Waals surface area contributed by atoms with Gasteiger partial charge in [0.25, 0.3) is 0 Å². The third kappa shape index (κ3) is 3.92. The molecule has 24 heavy (non-hydrogen) atoms. The lowest BCUT2D eigenvalue weighted by Crippen LogP contribution is -2.45. The van der Waals surface area contributed by atoms with Gasteiger partial charge in [0.1, 0.15) is 18.4 Å². The maximum absolute atomic E-state index is 12.4. The molecule has 130 valence electrons. The molecule has 0 aromatic heterocycles. The summed E-state index contributed by atoms with van der Waals surface area (Å²) < 4.78 is 5.73. The van der Waals surface area contributed by atoms with Crippen LogP contribution in [0.15, 0.2) is 24.3 Å². The molecule has 2 saturated heterocycles. The second-order valence-corrected chi connectivity index (χ2v) is 6.40. The van der Waals surface area contributed by atoms with Gasteiger partial charge in [0, 0.05) is 18.7 Å². The van der Waals surface area contributed by atoms with E-state index in [1.165, 1.54) is 6.92 Å². The number of β-amino-alcohol motifs (C(OH)–C–C–N with tert-alkyl or cyclic N) is 1. The molecule has 2 unspecified atom stereocenters.